The summed E-state index contributed by atoms with van der Waals surface area (Å²) in [7, 11) is 1.78. The van der Waals surface area contributed by atoms with Crippen LogP contribution in [0.2, 0.25) is 0 Å². The molecule has 3 rings (SSSR count). The molecule has 0 spiro atoms. The number of piperazine rings is 1. The molecule has 2 aromatic carbocycles. The Hall–Kier alpha value is -2.40. The Bertz CT molecular complexity index is 787. The van der Waals surface area contributed by atoms with Gasteiger partial charge in [-0.2, -0.15) is 0 Å². The molecule has 0 N–H and O–H groups in total. The molecule has 1 aliphatic rings. The van der Waals surface area contributed by atoms with Crippen LogP contribution in [0.4, 0.5) is 10.1 Å². The second-order valence-electron chi connectivity index (χ2n) is 7.36. The number of aryl methyl sites for hydroxylation is 1. The summed E-state index contributed by atoms with van der Waals surface area (Å²) in [5.74, 6) is -0.197. The molecule has 0 radical (unpaired) electrons. The zero-order chi connectivity index (χ0) is 19.4. The fourth-order valence-electron chi connectivity index (χ4n) is 3.65. The lowest BCUT2D eigenvalue weighted by atomic mass is 10.1. The van der Waals surface area contributed by atoms with Crippen molar-refractivity contribution in [3.05, 3.63) is 65.5 Å². The molecule has 1 amide bonds. The summed E-state index contributed by atoms with van der Waals surface area (Å²) in [5, 5.41) is 0. The maximum Gasteiger partial charge on any atom is 0.239 e. The lowest BCUT2D eigenvalue weighted by Gasteiger charge is -2.39. The summed E-state index contributed by atoms with van der Waals surface area (Å²) in [5.41, 5.74) is 3.32. The van der Waals surface area contributed by atoms with Gasteiger partial charge in [0.1, 0.15) is 5.82 Å². The van der Waals surface area contributed by atoms with Gasteiger partial charge < -0.3 is 9.80 Å². The SMILES string of the molecule is Cc1cccc(N2CCN(C(C)C(=O)N(C)Cc3cccc(F)c3)CC2)c1. The Labute approximate surface area is 161 Å². The molecule has 1 atom stereocenters. The number of hydrogen-bond acceptors (Lipinski definition) is 3. The minimum Gasteiger partial charge on any atom is -0.369 e. The lowest BCUT2D eigenvalue weighted by molar-refractivity contribution is -0.135. The average molecular weight is 369 g/mol. The van der Waals surface area contributed by atoms with E-state index >= 15 is 0 Å². The molecule has 1 heterocycles. The molecule has 5 heteroatoms. The van der Waals surface area contributed by atoms with Gasteiger partial charge in [-0.05, 0) is 49.2 Å². The maximum atomic E-state index is 13.4. The quantitative estimate of drug-likeness (QED) is 0.809. The van der Waals surface area contributed by atoms with Crippen LogP contribution < -0.4 is 4.90 Å². The Kier molecular flexibility index (Phi) is 6.11. The highest BCUT2D eigenvalue weighted by Gasteiger charge is 2.27. The number of benzene rings is 2. The van der Waals surface area contributed by atoms with Gasteiger partial charge in [-0.3, -0.25) is 9.69 Å². The van der Waals surface area contributed by atoms with Crippen LogP contribution in [-0.2, 0) is 11.3 Å². The van der Waals surface area contributed by atoms with E-state index in [0.717, 1.165) is 31.7 Å². The molecule has 4 nitrogen and oxygen atoms in total. The van der Waals surface area contributed by atoms with E-state index in [1.165, 1.54) is 23.4 Å². The van der Waals surface area contributed by atoms with E-state index in [1.54, 1.807) is 18.0 Å². The highest BCUT2D eigenvalue weighted by atomic mass is 19.1. The maximum absolute atomic E-state index is 13.4. The van der Waals surface area contributed by atoms with Crippen LogP contribution in [0.5, 0.6) is 0 Å². The van der Waals surface area contributed by atoms with Crippen LogP contribution in [-0.4, -0.2) is 55.0 Å². The molecule has 27 heavy (non-hydrogen) atoms. The van der Waals surface area contributed by atoms with Crippen molar-refractivity contribution in [3.8, 4) is 0 Å². The van der Waals surface area contributed by atoms with Crippen molar-refractivity contribution in [2.45, 2.75) is 26.4 Å². The summed E-state index contributed by atoms with van der Waals surface area (Å²) < 4.78 is 13.4. The van der Waals surface area contributed by atoms with E-state index in [9.17, 15) is 9.18 Å². The minimum atomic E-state index is -0.270. The van der Waals surface area contributed by atoms with Gasteiger partial charge >= 0.3 is 0 Å². The van der Waals surface area contributed by atoms with Gasteiger partial charge in [0.2, 0.25) is 5.91 Å². The van der Waals surface area contributed by atoms with Crippen LogP contribution >= 0.6 is 0 Å². The van der Waals surface area contributed by atoms with Crippen LogP contribution in [0.15, 0.2) is 48.5 Å². The average Bonchev–Trinajstić information content (AvgIpc) is 2.67. The van der Waals surface area contributed by atoms with Crippen molar-refractivity contribution in [1.82, 2.24) is 9.80 Å². The van der Waals surface area contributed by atoms with Gasteiger partial charge in [0, 0.05) is 45.5 Å². The lowest BCUT2D eigenvalue weighted by Crippen LogP contribution is -2.54. The van der Waals surface area contributed by atoms with Crippen LogP contribution in [0.3, 0.4) is 0 Å². The Balaban J connectivity index is 1.55. The first-order chi connectivity index (χ1) is 12.9. The number of likely N-dealkylation sites (N-methyl/N-ethyl adjacent to an activating group) is 1. The van der Waals surface area contributed by atoms with E-state index in [-0.39, 0.29) is 17.8 Å². The van der Waals surface area contributed by atoms with E-state index < -0.39 is 0 Å². The third-order valence-corrected chi connectivity index (χ3v) is 5.27. The molecule has 0 aromatic heterocycles. The monoisotopic (exact) mass is 369 g/mol. The fourth-order valence-corrected chi connectivity index (χ4v) is 3.65. The summed E-state index contributed by atoms with van der Waals surface area (Å²) in [6.07, 6.45) is 0. The van der Waals surface area contributed by atoms with Crippen molar-refractivity contribution in [3.63, 3.8) is 0 Å². The number of carbonyl (C=O) groups is 1. The molecule has 1 saturated heterocycles. The van der Waals surface area contributed by atoms with Crippen LogP contribution in [0.25, 0.3) is 0 Å². The predicted octanol–water partition coefficient (Wildman–Crippen LogP) is 3.30. The van der Waals surface area contributed by atoms with Crippen molar-refractivity contribution in [2.24, 2.45) is 0 Å². The fraction of sp³-hybridized carbons (Fsp3) is 0.409. The molecule has 1 aliphatic heterocycles. The number of anilines is 1. The third-order valence-electron chi connectivity index (χ3n) is 5.27. The second-order valence-corrected chi connectivity index (χ2v) is 7.36. The predicted molar refractivity (Wildman–Crippen MR) is 107 cm³/mol. The Morgan fingerprint density at radius 3 is 2.48 bits per heavy atom. The molecule has 2 aromatic rings. The van der Waals surface area contributed by atoms with Crippen molar-refractivity contribution in [2.75, 3.05) is 38.1 Å². The van der Waals surface area contributed by atoms with Crippen molar-refractivity contribution < 1.29 is 9.18 Å². The number of amides is 1. The largest absolute Gasteiger partial charge is 0.369 e. The Morgan fingerprint density at radius 2 is 1.81 bits per heavy atom. The molecular formula is C22H28FN3O. The molecule has 0 bridgehead atoms. The number of nitrogens with zero attached hydrogens (tertiary/aromatic N) is 3. The Morgan fingerprint density at radius 1 is 1.11 bits per heavy atom. The van der Waals surface area contributed by atoms with Gasteiger partial charge in [-0.15, -0.1) is 0 Å². The topological polar surface area (TPSA) is 26.8 Å². The summed E-state index contributed by atoms with van der Waals surface area (Å²) in [6.45, 7) is 8.03. The first-order valence-electron chi connectivity index (χ1n) is 9.49. The van der Waals surface area contributed by atoms with E-state index in [4.69, 9.17) is 0 Å². The van der Waals surface area contributed by atoms with Gasteiger partial charge in [0.15, 0.2) is 0 Å². The van der Waals surface area contributed by atoms with Gasteiger partial charge in [-0.25, -0.2) is 4.39 Å². The van der Waals surface area contributed by atoms with Gasteiger partial charge in [-0.1, -0.05) is 24.3 Å². The summed E-state index contributed by atoms with van der Waals surface area (Å²) >= 11 is 0. The molecule has 0 saturated carbocycles. The first kappa shape index (κ1) is 19.4. The molecule has 144 valence electrons. The third kappa shape index (κ3) is 4.86. The van der Waals surface area contributed by atoms with Crippen molar-refractivity contribution >= 4 is 11.6 Å². The van der Waals surface area contributed by atoms with E-state index in [1.807, 2.05) is 13.0 Å². The first-order valence-corrected chi connectivity index (χ1v) is 9.49. The standard InChI is InChI=1S/C22H28FN3O/c1-17-6-4-9-21(14-17)26-12-10-25(11-13-26)18(2)22(27)24(3)16-19-7-5-8-20(23)15-19/h4-9,14-15,18H,10-13,16H2,1-3H3. The number of rotatable bonds is 5. The summed E-state index contributed by atoms with van der Waals surface area (Å²) in [6, 6.07) is 14.8. The summed E-state index contributed by atoms with van der Waals surface area (Å²) in [4.78, 5) is 19.1. The van der Waals surface area contributed by atoms with Crippen LogP contribution in [0, 0.1) is 12.7 Å². The van der Waals surface area contributed by atoms with E-state index in [0.29, 0.717) is 6.54 Å². The van der Waals surface area contributed by atoms with Crippen molar-refractivity contribution in [1.29, 1.82) is 0 Å². The number of hydrogen-bond donors (Lipinski definition) is 0. The van der Waals surface area contributed by atoms with Gasteiger partial charge in [0.05, 0.1) is 6.04 Å². The van der Waals surface area contributed by atoms with E-state index in [2.05, 4.69) is 41.0 Å². The smallest absolute Gasteiger partial charge is 0.239 e. The van der Waals surface area contributed by atoms with Crippen LogP contribution in [0.1, 0.15) is 18.1 Å². The highest BCUT2D eigenvalue weighted by molar-refractivity contribution is 5.81. The second kappa shape index (κ2) is 8.53. The molecule has 1 unspecified atom stereocenters. The zero-order valence-electron chi connectivity index (χ0n) is 16.4. The minimum absolute atomic E-state index is 0.0725. The normalized spacial score (nSPS) is 16.2. The highest BCUT2D eigenvalue weighted by Crippen LogP contribution is 2.19. The number of halogens is 1. The number of carbonyl (C=O) groups excluding carboxylic acids is 1. The zero-order valence-corrected chi connectivity index (χ0v) is 16.4. The molecule has 0 aliphatic carbocycles. The molecular weight excluding hydrogens is 341 g/mol. The van der Waals surface area contributed by atoms with Gasteiger partial charge in [0.25, 0.3) is 0 Å². The molecule has 1 fully saturated rings.